The Morgan fingerprint density at radius 1 is 0.583 bits per heavy atom. The van der Waals surface area contributed by atoms with Gasteiger partial charge < -0.3 is 73.5 Å². The molecular formula is C75H107N13O14Tc-4. The number of nitrogens with one attached hydrogen (secondary N) is 10. The van der Waals surface area contributed by atoms with Crippen LogP contribution < -0.4 is 31.9 Å². The molecule has 0 aliphatic rings. The standard InChI is InChI=1S/C74H103N13O12.CH4.2O.Tc/c1-46(2)30-53(31-47(3)4)34-66(91)63(37-58-42-79-45-82-58)84-68(93)25-24-64(89)71(48(5)6)87-72(96)49(7)32-65(90)62(35-55-41-80-60-17-13-12-16-59(55)60)86-74(98)54(21-18-50(8)88)36-67(92)61(33-51-14-10-9-11-15-51)85-70(95)44-99-43-69(94)83-57-22-19-52(20-23-57)38-81-73(97)56(39-77-28-26-75)40-78-29-27-76;;;;/h9-17,19-20,22-23,41-42,45-49,53-54,56,61-63,71,75-76,80H,18,21,24-40,43-44H2,1-8H3,(H,79,82)(H,81,97)(H,83,94)(H,84,93)(H,85,95)(H,86,98)(H,87,96);1H4;;;/q-4;;;;/t49-,54-,61-,62+,63+,71+;;;;/m1..../s1. The number of carbonyl (C=O) groups is 11. The van der Waals surface area contributed by atoms with Crippen LogP contribution in [0.25, 0.3) is 33.0 Å². The zero-order valence-electron chi connectivity index (χ0n) is 59.9. The van der Waals surface area contributed by atoms with Crippen molar-refractivity contribution in [2.75, 3.05) is 57.8 Å². The molecule has 0 spiro atoms. The quantitative estimate of drug-likeness (QED) is 0.0168. The predicted molar refractivity (Wildman–Crippen MR) is 389 cm³/mol. The van der Waals surface area contributed by atoms with Gasteiger partial charge in [-0.15, -0.1) is 13.1 Å². The molecule has 0 radical (unpaired) electrons. The molecule has 3 aromatic carbocycles. The normalized spacial score (nSPS) is 13.0. The fourth-order valence-electron chi connectivity index (χ4n) is 11.8. The van der Waals surface area contributed by atoms with E-state index >= 15 is 0 Å². The molecule has 5 aromatic rings. The van der Waals surface area contributed by atoms with E-state index < -0.39 is 132 Å². The molecule has 5 rings (SSSR count). The molecule has 0 bridgehead atoms. The van der Waals surface area contributed by atoms with Crippen molar-refractivity contribution in [3.8, 4) is 0 Å². The molecule has 0 aliphatic heterocycles. The number of imidazole rings is 1. The molecule has 6 atom stereocenters. The van der Waals surface area contributed by atoms with E-state index in [9.17, 15) is 52.7 Å². The van der Waals surface area contributed by atoms with E-state index in [1.165, 1.54) is 20.2 Å². The number of nitrogens with zero attached hydrogens (tertiary/aromatic N) is 3. The number of ketones is 5. The van der Waals surface area contributed by atoms with Gasteiger partial charge in [-0.05, 0) is 91.2 Å². The van der Waals surface area contributed by atoms with E-state index in [1.807, 2.05) is 24.3 Å². The van der Waals surface area contributed by atoms with Crippen LogP contribution in [0.1, 0.15) is 143 Å². The third-order valence-electron chi connectivity index (χ3n) is 16.9. The number of rotatable bonds is 49. The van der Waals surface area contributed by atoms with Gasteiger partial charge in [0.2, 0.25) is 35.4 Å². The zero-order valence-corrected chi connectivity index (χ0v) is 61.7. The Kier molecular flexibility index (Phi) is 41.9. The van der Waals surface area contributed by atoms with E-state index in [1.54, 1.807) is 80.8 Å². The summed E-state index contributed by atoms with van der Waals surface area (Å²) in [6.07, 6.45) is 5.47. The van der Waals surface area contributed by atoms with Crippen molar-refractivity contribution in [1.82, 2.24) is 41.5 Å². The minimum atomic E-state index is -1.91. The Morgan fingerprint density at radius 3 is 1.77 bits per heavy atom. The summed E-state index contributed by atoms with van der Waals surface area (Å²) in [6, 6.07) is 18.6. The Balaban J connectivity index is 0.00000676. The summed E-state index contributed by atoms with van der Waals surface area (Å²) in [5.74, 6) is -7.55. The first-order valence-corrected chi connectivity index (χ1v) is 36.3. The molecule has 27 nitrogen and oxygen atoms in total. The molecule has 2 heterocycles. The van der Waals surface area contributed by atoms with Crippen LogP contribution in [0.5, 0.6) is 0 Å². The number of ether oxygens (including phenoxy) is 1. The summed E-state index contributed by atoms with van der Waals surface area (Å²) in [7, 11) is 0. The second-order valence-electron chi connectivity index (χ2n) is 27.0. The number of carbonyl (C=O) groups excluding carboxylic acids is 11. The predicted octanol–water partition coefficient (Wildman–Crippen LogP) is 9.21. The third kappa shape index (κ3) is 34.2. The van der Waals surface area contributed by atoms with Crippen LogP contribution in [-0.2, 0) is 108 Å². The number of hydrogen-bond donors (Lipinski definition) is 8. The van der Waals surface area contributed by atoms with Crippen LogP contribution in [0.2, 0.25) is 0 Å². The first kappa shape index (κ1) is 88.8. The fraction of sp³-hybridized carbons (Fsp3) is 0.547. The molecule has 0 aliphatic carbocycles. The Labute approximate surface area is 613 Å². The van der Waals surface area contributed by atoms with E-state index in [4.69, 9.17) is 23.2 Å². The fourth-order valence-corrected chi connectivity index (χ4v) is 11.8. The number of hydrogen-bond acceptors (Lipinski definition) is 15. The number of aromatic nitrogens is 3. The second-order valence-corrected chi connectivity index (χ2v) is 27.3. The molecule has 0 fully saturated rings. The van der Waals surface area contributed by atoms with Gasteiger partial charge in [-0.25, -0.2) is 4.98 Å². The molecule has 0 saturated carbocycles. The summed E-state index contributed by atoms with van der Waals surface area (Å²) in [5, 5.41) is 26.1. The topological polar surface area (TPSA) is 424 Å². The summed E-state index contributed by atoms with van der Waals surface area (Å²) in [6.45, 7) is 15.2. The van der Waals surface area contributed by atoms with Crippen molar-refractivity contribution in [2.24, 2.45) is 41.4 Å². The van der Waals surface area contributed by atoms with Gasteiger partial charge in [0.1, 0.15) is 19.0 Å². The average Bonchev–Trinajstić information content (AvgIpc) is 1.71. The van der Waals surface area contributed by atoms with Crippen LogP contribution in [0, 0.1) is 41.4 Å². The Morgan fingerprint density at radius 2 is 1.17 bits per heavy atom. The first-order chi connectivity index (χ1) is 48.7. The third-order valence-corrected chi connectivity index (χ3v) is 16.9. The van der Waals surface area contributed by atoms with Gasteiger partial charge in [0.25, 0.3) is 0 Å². The number of Topliss-reactive ketones (excluding diaryl/α,β-unsaturated/α-hetero) is 5. The molecule has 2 aromatic heterocycles. The van der Waals surface area contributed by atoms with Crippen molar-refractivity contribution < 1.29 is 82.1 Å². The van der Waals surface area contributed by atoms with E-state index in [2.05, 4.69) is 85.2 Å². The molecule has 0 unspecified atom stereocenters. The number of amides is 6. The molecule has 6 amide bonds. The Hall–Kier alpha value is -8.37. The van der Waals surface area contributed by atoms with E-state index in [0.29, 0.717) is 47.4 Å². The number of anilines is 1. The number of aromatic amines is 2. The average molecular weight is 1510 g/mol. The van der Waals surface area contributed by atoms with Crippen molar-refractivity contribution in [1.29, 1.82) is 0 Å². The second kappa shape index (κ2) is 48.6. The van der Waals surface area contributed by atoms with Crippen LogP contribution >= 0.6 is 0 Å². The molecule has 0 saturated heterocycles. The van der Waals surface area contributed by atoms with Gasteiger partial charge in [0.15, 0.2) is 23.1 Å². The monoisotopic (exact) mass is 1510 g/mol. The molecule has 10 N–H and O–H groups in total. The summed E-state index contributed by atoms with van der Waals surface area (Å²) >= 11 is -1.91. The number of fused-ring (bicyclic) bond motifs is 1. The van der Waals surface area contributed by atoms with Gasteiger partial charge >= 0.3 is 24.6 Å². The van der Waals surface area contributed by atoms with E-state index in [0.717, 1.165) is 29.3 Å². The first-order valence-electron chi connectivity index (χ1n) is 34.8. The number of para-hydroxylation sites is 1. The van der Waals surface area contributed by atoms with Crippen molar-refractivity contribution in [2.45, 2.75) is 171 Å². The summed E-state index contributed by atoms with van der Waals surface area (Å²) in [4.78, 5) is 162. The Bertz CT molecular complexity index is 3490. The van der Waals surface area contributed by atoms with Gasteiger partial charge in [-0.1, -0.05) is 117 Å². The van der Waals surface area contributed by atoms with Crippen molar-refractivity contribution in [3.63, 3.8) is 0 Å². The molecule has 567 valence electrons. The van der Waals surface area contributed by atoms with Gasteiger partial charge in [0.05, 0.1) is 30.5 Å². The zero-order chi connectivity index (χ0) is 75.1. The van der Waals surface area contributed by atoms with Gasteiger partial charge in [-0.3, -0.25) is 47.9 Å². The number of H-pyrrole nitrogens is 2. The van der Waals surface area contributed by atoms with Crippen LogP contribution in [0.4, 0.5) is 5.69 Å². The maximum atomic E-state index is 14.7. The van der Waals surface area contributed by atoms with Gasteiger partial charge in [0, 0.05) is 110 Å². The minimum absolute atomic E-state index is 0. The van der Waals surface area contributed by atoms with Crippen LogP contribution in [-0.4, -0.2) is 156 Å². The molecule has 103 heavy (non-hydrogen) atoms. The summed E-state index contributed by atoms with van der Waals surface area (Å²) < 4.78 is 22.5. The summed E-state index contributed by atoms with van der Waals surface area (Å²) in [5.41, 5.74) is 18.6. The maximum absolute atomic E-state index is 14.7. The SMILES string of the molecule is C.CC(=O)CC[C@H](CC(=O)[C@@H](Cc1ccccc1)NC(=O)COCC(=O)Nc1ccc(CNC(=O)C(C[N-]CC[NH-])C[N-]CC[NH-])cc1)C(=O)N[C@@H](Cc1c[nH]c2ccccc12)C(=O)C[C@@H](C)C(=O)N[C@H](C(=O)CCC(=O)N[C@@H](Cc1cnc[nH]1)C(=O)CC(CC(C)C)CC(C)C)C(C)C.[O]=[Tc]=[O]. The van der Waals surface area contributed by atoms with Crippen molar-refractivity contribution in [3.05, 3.63) is 142 Å². The van der Waals surface area contributed by atoms with Crippen LogP contribution in [0.3, 0.4) is 0 Å². The van der Waals surface area contributed by atoms with Gasteiger partial charge in [-0.2, -0.15) is 26.2 Å². The molecular weight excluding hydrogens is 1400 g/mol. The van der Waals surface area contributed by atoms with E-state index in [-0.39, 0.29) is 121 Å². The van der Waals surface area contributed by atoms with Crippen LogP contribution in [0.15, 0.2) is 97.6 Å². The van der Waals surface area contributed by atoms with Crippen molar-refractivity contribution >= 4 is 80.9 Å². The molecule has 28 heteroatoms. The number of benzene rings is 3.